The van der Waals surface area contributed by atoms with Crippen LogP contribution in [0.2, 0.25) is 0 Å². The summed E-state index contributed by atoms with van der Waals surface area (Å²) in [7, 11) is 0. The van der Waals surface area contributed by atoms with Crippen LogP contribution < -0.4 is 10.5 Å². The van der Waals surface area contributed by atoms with E-state index in [0.29, 0.717) is 5.75 Å². The van der Waals surface area contributed by atoms with Crippen LogP contribution in [0.1, 0.15) is 5.69 Å². The van der Waals surface area contributed by atoms with Crippen molar-refractivity contribution in [2.24, 2.45) is 5.73 Å². The lowest BCUT2D eigenvalue weighted by Gasteiger charge is -2.04. The Hall–Kier alpha value is -3.03. The highest BCUT2D eigenvalue weighted by Crippen LogP contribution is 2.21. The molecule has 0 radical (unpaired) electrons. The van der Waals surface area contributed by atoms with Crippen LogP contribution in [0.3, 0.4) is 0 Å². The van der Waals surface area contributed by atoms with E-state index in [9.17, 15) is 10.1 Å². The van der Waals surface area contributed by atoms with Gasteiger partial charge in [0.15, 0.2) is 0 Å². The van der Waals surface area contributed by atoms with Crippen LogP contribution in [-0.2, 0) is 0 Å². The van der Waals surface area contributed by atoms with Crippen molar-refractivity contribution in [2.75, 3.05) is 0 Å². The number of aromatic nitrogens is 2. The normalized spacial score (nSPS) is 9.89. The number of benzene rings is 1. The summed E-state index contributed by atoms with van der Waals surface area (Å²) in [5.74, 6) is 0.420. The molecule has 96 valence electrons. The molecule has 3 N–H and O–H groups in total. The fraction of sp³-hybridized carbons (Fsp3) is 0. The minimum absolute atomic E-state index is 0.0228. The van der Waals surface area contributed by atoms with Gasteiger partial charge in [0.05, 0.1) is 17.3 Å². The number of hydrogen-bond donors (Lipinski definition) is 2. The van der Waals surface area contributed by atoms with Crippen LogP contribution in [-0.4, -0.2) is 20.7 Å². The van der Waals surface area contributed by atoms with E-state index in [-0.39, 0.29) is 23.1 Å². The van der Waals surface area contributed by atoms with Gasteiger partial charge in [-0.3, -0.25) is 15.5 Å². The molecule has 8 heteroatoms. The first-order valence-corrected chi connectivity index (χ1v) is 5.15. The largest absolute Gasteiger partial charge is 0.437 e. The van der Waals surface area contributed by atoms with Gasteiger partial charge >= 0.3 is 0 Å². The molecule has 1 aromatic heterocycles. The number of nitro benzene ring substituents is 1. The lowest BCUT2D eigenvalue weighted by molar-refractivity contribution is -0.384. The maximum Gasteiger partial charge on any atom is 0.269 e. The fourth-order valence-electron chi connectivity index (χ4n) is 1.26. The summed E-state index contributed by atoms with van der Waals surface area (Å²) in [6, 6.07) is 5.57. The first-order valence-electron chi connectivity index (χ1n) is 5.15. The first-order chi connectivity index (χ1) is 9.06. The summed E-state index contributed by atoms with van der Waals surface area (Å²) in [5, 5.41) is 17.6. The Kier molecular flexibility index (Phi) is 3.33. The first kappa shape index (κ1) is 12.4. The van der Waals surface area contributed by atoms with E-state index in [2.05, 4.69) is 9.97 Å². The van der Waals surface area contributed by atoms with Crippen LogP contribution in [0.15, 0.2) is 36.7 Å². The molecular formula is C11H9N5O3. The topological polar surface area (TPSA) is 128 Å². The maximum atomic E-state index is 10.5. The Balaban J connectivity index is 2.12. The van der Waals surface area contributed by atoms with E-state index in [4.69, 9.17) is 15.9 Å². The summed E-state index contributed by atoms with van der Waals surface area (Å²) >= 11 is 0. The molecule has 0 aliphatic carbocycles. The van der Waals surface area contributed by atoms with Gasteiger partial charge in [0, 0.05) is 12.1 Å². The zero-order chi connectivity index (χ0) is 13.8. The number of ether oxygens (including phenoxy) is 1. The summed E-state index contributed by atoms with van der Waals surface area (Å²) in [6.45, 7) is 0. The van der Waals surface area contributed by atoms with Crippen molar-refractivity contribution in [3.8, 4) is 11.6 Å². The highest BCUT2D eigenvalue weighted by atomic mass is 16.6. The molecule has 2 aromatic rings. The molecule has 1 aromatic carbocycles. The molecule has 0 spiro atoms. The van der Waals surface area contributed by atoms with Crippen LogP contribution in [0.5, 0.6) is 11.6 Å². The number of nitrogens with zero attached hydrogens (tertiary/aromatic N) is 3. The quantitative estimate of drug-likeness (QED) is 0.370. The average Bonchev–Trinajstić information content (AvgIpc) is 2.40. The number of hydrogen-bond acceptors (Lipinski definition) is 6. The molecule has 0 saturated heterocycles. The molecule has 0 aliphatic rings. The summed E-state index contributed by atoms with van der Waals surface area (Å²) in [4.78, 5) is 17.8. The molecule has 1 heterocycles. The molecular weight excluding hydrogens is 250 g/mol. The Labute approximate surface area is 107 Å². The van der Waals surface area contributed by atoms with E-state index >= 15 is 0 Å². The van der Waals surface area contributed by atoms with Gasteiger partial charge in [-0.05, 0) is 12.1 Å². The predicted molar refractivity (Wildman–Crippen MR) is 66.2 cm³/mol. The molecule has 19 heavy (non-hydrogen) atoms. The maximum absolute atomic E-state index is 10.5. The molecule has 0 aliphatic heterocycles. The van der Waals surface area contributed by atoms with Gasteiger partial charge in [-0.1, -0.05) is 0 Å². The number of nitrogen functional groups attached to an aromatic ring is 1. The third kappa shape index (κ3) is 3.00. The van der Waals surface area contributed by atoms with Gasteiger partial charge < -0.3 is 10.5 Å². The van der Waals surface area contributed by atoms with Crippen molar-refractivity contribution >= 4 is 11.5 Å². The van der Waals surface area contributed by atoms with Gasteiger partial charge in [0.2, 0.25) is 5.88 Å². The molecule has 8 nitrogen and oxygen atoms in total. The minimum atomic E-state index is -0.495. The van der Waals surface area contributed by atoms with Crippen molar-refractivity contribution in [2.45, 2.75) is 0 Å². The van der Waals surface area contributed by atoms with Gasteiger partial charge in [-0.15, -0.1) is 0 Å². The zero-order valence-corrected chi connectivity index (χ0v) is 9.61. The molecule has 0 saturated carbocycles. The van der Waals surface area contributed by atoms with Crippen LogP contribution in [0.4, 0.5) is 5.69 Å². The average molecular weight is 259 g/mol. The van der Waals surface area contributed by atoms with Crippen molar-refractivity contribution in [3.63, 3.8) is 0 Å². The number of nitrogens with two attached hydrogens (primary N) is 1. The van der Waals surface area contributed by atoms with E-state index in [1.54, 1.807) is 0 Å². The van der Waals surface area contributed by atoms with E-state index < -0.39 is 4.92 Å². The lowest BCUT2D eigenvalue weighted by atomic mass is 10.3. The number of non-ortho nitro benzene ring substituents is 1. The van der Waals surface area contributed by atoms with Gasteiger partial charge in [0.1, 0.15) is 17.3 Å². The van der Waals surface area contributed by atoms with Gasteiger partial charge in [-0.2, -0.15) is 0 Å². The minimum Gasteiger partial charge on any atom is -0.437 e. The Bertz CT molecular complexity index is 554. The van der Waals surface area contributed by atoms with Crippen LogP contribution >= 0.6 is 0 Å². The number of amidine groups is 1. The second kappa shape index (κ2) is 5.08. The third-order valence-corrected chi connectivity index (χ3v) is 2.17. The molecule has 0 amide bonds. The molecule has 0 bridgehead atoms. The van der Waals surface area contributed by atoms with E-state index in [0.717, 1.165) is 0 Å². The Morgan fingerprint density at radius 1 is 1.26 bits per heavy atom. The second-order valence-corrected chi connectivity index (χ2v) is 3.51. The monoisotopic (exact) mass is 259 g/mol. The molecule has 0 fully saturated rings. The highest BCUT2D eigenvalue weighted by molar-refractivity contribution is 5.92. The van der Waals surface area contributed by atoms with E-state index in [1.807, 2.05) is 0 Å². The second-order valence-electron chi connectivity index (χ2n) is 3.51. The van der Waals surface area contributed by atoms with Gasteiger partial charge in [0.25, 0.3) is 5.69 Å². The number of nitrogens with one attached hydrogen (secondary N) is 1. The smallest absolute Gasteiger partial charge is 0.269 e. The molecule has 2 rings (SSSR count). The molecule has 0 atom stereocenters. The van der Waals surface area contributed by atoms with Crippen molar-refractivity contribution in [3.05, 3.63) is 52.5 Å². The number of nitro groups is 1. The third-order valence-electron chi connectivity index (χ3n) is 2.17. The highest BCUT2D eigenvalue weighted by Gasteiger charge is 2.06. The summed E-state index contributed by atoms with van der Waals surface area (Å²) in [6.07, 6.45) is 2.63. The van der Waals surface area contributed by atoms with Gasteiger partial charge in [-0.25, -0.2) is 9.97 Å². The summed E-state index contributed by atoms with van der Waals surface area (Å²) in [5.41, 5.74) is 5.46. The summed E-state index contributed by atoms with van der Waals surface area (Å²) < 4.78 is 5.34. The lowest BCUT2D eigenvalue weighted by Crippen LogP contribution is -2.13. The predicted octanol–water partition coefficient (Wildman–Crippen LogP) is 1.46. The van der Waals surface area contributed by atoms with Crippen molar-refractivity contribution < 1.29 is 9.66 Å². The van der Waals surface area contributed by atoms with Crippen LogP contribution in [0.25, 0.3) is 0 Å². The Morgan fingerprint density at radius 3 is 2.42 bits per heavy atom. The Morgan fingerprint density at radius 2 is 1.95 bits per heavy atom. The zero-order valence-electron chi connectivity index (χ0n) is 9.61. The molecule has 0 unspecified atom stereocenters. The van der Waals surface area contributed by atoms with Crippen molar-refractivity contribution in [1.29, 1.82) is 5.41 Å². The number of rotatable bonds is 4. The SMILES string of the molecule is N=C(N)c1cnc(Oc2ccc([N+](=O)[O-])cc2)cn1. The van der Waals surface area contributed by atoms with Crippen molar-refractivity contribution in [1.82, 2.24) is 9.97 Å². The van der Waals surface area contributed by atoms with Crippen LogP contribution in [0, 0.1) is 15.5 Å². The van der Waals surface area contributed by atoms with E-state index in [1.165, 1.54) is 36.7 Å². The fourth-order valence-corrected chi connectivity index (χ4v) is 1.26. The standard InChI is InChI=1S/C11H9N5O3/c12-11(13)9-5-15-10(6-14-9)19-8-3-1-7(2-4-8)16(17)18/h1-6H,(H3,12,13).